The predicted molar refractivity (Wildman–Crippen MR) is 84.4 cm³/mol. The molecule has 0 radical (unpaired) electrons. The number of nitrogens with zero attached hydrogens (tertiary/aromatic N) is 2. The number of hydrogen-bond acceptors (Lipinski definition) is 4. The van der Waals surface area contributed by atoms with E-state index in [1.54, 1.807) is 11.8 Å². The summed E-state index contributed by atoms with van der Waals surface area (Å²) >= 11 is 1.72. The first-order valence-corrected chi connectivity index (χ1v) is 8.04. The van der Waals surface area contributed by atoms with Crippen LogP contribution in [0.1, 0.15) is 33.3 Å². The van der Waals surface area contributed by atoms with Crippen molar-refractivity contribution in [2.24, 2.45) is 0 Å². The van der Waals surface area contributed by atoms with Crippen LogP contribution < -0.4 is 4.90 Å². The second-order valence-corrected chi connectivity index (χ2v) is 7.07. The molecule has 1 aromatic carbocycles. The molecule has 0 aromatic heterocycles. The van der Waals surface area contributed by atoms with Gasteiger partial charge in [-0.15, -0.1) is 11.8 Å². The summed E-state index contributed by atoms with van der Waals surface area (Å²) in [5, 5.41) is 9.53. The van der Waals surface area contributed by atoms with E-state index in [4.69, 9.17) is 4.74 Å². The maximum Gasteiger partial charge on any atom is 0.103 e. The van der Waals surface area contributed by atoms with Gasteiger partial charge >= 0.3 is 0 Å². The molecule has 0 aliphatic carbocycles. The van der Waals surface area contributed by atoms with Gasteiger partial charge in [0, 0.05) is 18.0 Å². The Kier molecular flexibility index (Phi) is 4.62. The highest BCUT2D eigenvalue weighted by molar-refractivity contribution is 7.99. The highest BCUT2D eigenvalue weighted by Gasteiger charge is 2.32. The van der Waals surface area contributed by atoms with Gasteiger partial charge in [0.25, 0.3) is 0 Å². The molecule has 1 aliphatic heterocycles. The van der Waals surface area contributed by atoms with E-state index in [1.165, 1.54) is 0 Å². The monoisotopic (exact) mass is 290 g/mol. The van der Waals surface area contributed by atoms with Gasteiger partial charge in [-0.25, -0.2) is 0 Å². The molecule has 0 N–H and O–H groups in total. The van der Waals surface area contributed by atoms with E-state index in [0.717, 1.165) is 35.0 Å². The topological polar surface area (TPSA) is 36.3 Å². The molecule has 20 heavy (non-hydrogen) atoms. The summed E-state index contributed by atoms with van der Waals surface area (Å²) in [6.45, 7) is 10.0. The van der Waals surface area contributed by atoms with Gasteiger partial charge in [0.15, 0.2) is 0 Å². The van der Waals surface area contributed by atoms with E-state index in [9.17, 15) is 5.26 Å². The highest BCUT2D eigenvalue weighted by atomic mass is 32.2. The fourth-order valence-corrected chi connectivity index (χ4v) is 3.59. The minimum Gasteiger partial charge on any atom is -0.369 e. The van der Waals surface area contributed by atoms with Gasteiger partial charge in [-0.05, 0) is 38.7 Å². The number of nitriles is 1. The molecule has 1 aromatic rings. The second kappa shape index (κ2) is 6.07. The lowest BCUT2D eigenvalue weighted by Crippen LogP contribution is -2.52. The molecule has 4 heteroatoms. The molecule has 1 atom stereocenters. The third kappa shape index (κ3) is 3.28. The zero-order valence-electron chi connectivity index (χ0n) is 12.6. The molecule has 0 bridgehead atoms. The van der Waals surface area contributed by atoms with E-state index in [-0.39, 0.29) is 11.7 Å². The van der Waals surface area contributed by atoms with Crippen LogP contribution in [0.3, 0.4) is 0 Å². The minimum atomic E-state index is -0.182. The second-order valence-electron chi connectivity index (χ2n) is 5.76. The molecule has 1 aliphatic rings. The van der Waals surface area contributed by atoms with Crippen LogP contribution >= 0.6 is 11.8 Å². The van der Waals surface area contributed by atoms with Crippen molar-refractivity contribution in [1.29, 1.82) is 5.26 Å². The van der Waals surface area contributed by atoms with Gasteiger partial charge in [0.05, 0.1) is 23.0 Å². The lowest BCUT2D eigenvalue weighted by Gasteiger charge is -2.43. The molecule has 3 nitrogen and oxygen atoms in total. The van der Waals surface area contributed by atoms with E-state index in [0.29, 0.717) is 0 Å². The normalized spacial score (nSPS) is 21.6. The van der Waals surface area contributed by atoms with Crippen molar-refractivity contribution in [3.63, 3.8) is 0 Å². The van der Waals surface area contributed by atoms with Gasteiger partial charge in [-0.3, -0.25) is 0 Å². The molecule has 1 fully saturated rings. The average molecular weight is 290 g/mol. The van der Waals surface area contributed by atoms with Crippen molar-refractivity contribution < 1.29 is 4.74 Å². The Hall–Kier alpha value is -1.18. The molecule has 0 amide bonds. The van der Waals surface area contributed by atoms with Crippen LogP contribution in [-0.4, -0.2) is 30.5 Å². The number of ether oxygens (including phenoxy) is 1. The number of anilines is 1. The lowest BCUT2D eigenvalue weighted by molar-refractivity contribution is -0.0749. The van der Waals surface area contributed by atoms with Crippen molar-refractivity contribution in [3.8, 4) is 6.07 Å². The van der Waals surface area contributed by atoms with Gasteiger partial charge < -0.3 is 9.64 Å². The van der Waals surface area contributed by atoms with Crippen LogP contribution in [0.5, 0.6) is 0 Å². The van der Waals surface area contributed by atoms with Crippen LogP contribution in [-0.2, 0) is 4.74 Å². The quantitative estimate of drug-likeness (QED) is 0.796. The number of rotatable bonds is 3. The third-order valence-corrected chi connectivity index (χ3v) is 4.27. The first-order valence-electron chi connectivity index (χ1n) is 7.05. The van der Waals surface area contributed by atoms with Crippen molar-refractivity contribution >= 4 is 17.4 Å². The van der Waals surface area contributed by atoms with Crippen LogP contribution in [0.25, 0.3) is 0 Å². The zero-order chi connectivity index (χ0) is 14.8. The number of hydrogen-bond donors (Lipinski definition) is 0. The number of benzene rings is 1. The Morgan fingerprint density at radius 1 is 1.50 bits per heavy atom. The summed E-state index contributed by atoms with van der Waals surface area (Å²) in [4.78, 5) is 3.36. The molecule has 0 spiro atoms. The molecular weight excluding hydrogens is 268 g/mol. The SMILES string of the molecule is CCSc1cccc(N2CC(C)OC(C)(C)C2)c1C#N. The van der Waals surface area contributed by atoms with Crippen LogP contribution in [0, 0.1) is 11.3 Å². The first kappa shape index (κ1) is 15.2. The molecule has 2 rings (SSSR count). The van der Waals surface area contributed by atoms with Gasteiger partial charge in [0.1, 0.15) is 6.07 Å². The summed E-state index contributed by atoms with van der Waals surface area (Å²) in [6, 6.07) is 8.51. The summed E-state index contributed by atoms with van der Waals surface area (Å²) in [7, 11) is 0. The summed E-state index contributed by atoms with van der Waals surface area (Å²) in [6.07, 6.45) is 0.174. The lowest BCUT2D eigenvalue weighted by atomic mass is 10.0. The van der Waals surface area contributed by atoms with Crippen molar-refractivity contribution in [2.45, 2.75) is 44.3 Å². The smallest absolute Gasteiger partial charge is 0.103 e. The summed E-state index contributed by atoms with van der Waals surface area (Å²) in [5.41, 5.74) is 1.65. The molecular formula is C16H22N2OS. The molecule has 1 unspecified atom stereocenters. The zero-order valence-corrected chi connectivity index (χ0v) is 13.5. The molecule has 1 saturated heterocycles. The van der Waals surface area contributed by atoms with Crippen molar-refractivity contribution in [3.05, 3.63) is 23.8 Å². The van der Waals surface area contributed by atoms with E-state index in [1.807, 2.05) is 18.2 Å². The predicted octanol–water partition coefficient (Wildman–Crippen LogP) is 3.67. The van der Waals surface area contributed by atoms with Crippen LogP contribution in [0.2, 0.25) is 0 Å². The maximum absolute atomic E-state index is 9.53. The minimum absolute atomic E-state index is 0.174. The fraction of sp³-hybridized carbons (Fsp3) is 0.562. The molecule has 1 heterocycles. The fourth-order valence-electron chi connectivity index (χ4n) is 2.81. The van der Waals surface area contributed by atoms with E-state index < -0.39 is 0 Å². The molecule has 0 saturated carbocycles. The number of morpholine rings is 1. The van der Waals surface area contributed by atoms with Gasteiger partial charge in [-0.2, -0.15) is 5.26 Å². The van der Waals surface area contributed by atoms with Gasteiger partial charge in [0.2, 0.25) is 0 Å². The Morgan fingerprint density at radius 2 is 2.25 bits per heavy atom. The van der Waals surface area contributed by atoms with Crippen molar-refractivity contribution in [1.82, 2.24) is 0 Å². The molecule has 108 valence electrons. The van der Waals surface area contributed by atoms with Gasteiger partial charge in [-0.1, -0.05) is 13.0 Å². The van der Waals surface area contributed by atoms with Crippen LogP contribution in [0.15, 0.2) is 23.1 Å². The average Bonchev–Trinajstić information content (AvgIpc) is 2.36. The summed E-state index contributed by atoms with van der Waals surface area (Å²) in [5.74, 6) is 0.975. The first-order chi connectivity index (χ1) is 9.46. The van der Waals surface area contributed by atoms with Crippen LogP contribution in [0.4, 0.5) is 5.69 Å². The maximum atomic E-state index is 9.53. The van der Waals surface area contributed by atoms with E-state index in [2.05, 4.69) is 38.7 Å². The third-order valence-electron chi connectivity index (χ3n) is 3.33. The summed E-state index contributed by atoms with van der Waals surface area (Å²) < 4.78 is 5.95. The van der Waals surface area contributed by atoms with Crippen molar-refractivity contribution in [2.75, 3.05) is 23.7 Å². The Morgan fingerprint density at radius 3 is 2.85 bits per heavy atom. The standard InChI is InChI=1S/C16H22N2OS/c1-5-20-15-8-6-7-14(13(15)9-17)18-10-12(2)19-16(3,4)11-18/h6-8,12H,5,10-11H2,1-4H3. The Balaban J connectivity index is 2.37. The van der Waals surface area contributed by atoms with E-state index >= 15 is 0 Å². The highest BCUT2D eigenvalue weighted by Crippen LogP contribution is 2.33. The Labute approximate surface area is 125 Å². The largest absolute Gasteiger partial charge is 0.369 e. The Bertz CT molecular complexity index is 522. The number of thioether (sulfide) groups is 1.